The van der Waals surface area contributed by atoms with Crippen molar-refractivity contribution in [3.8, 4) is 0 Å². The molecule has 0 spiro atoms. The van der Waals surface area contributed by atoms with Crippen molar-refractivity contribution in [2.24, 2.45) is 0 Å². The summed E-state index contributed by atoms with van der Waals surface area (Å²) in [7, 11) is 0. The van der Waals surface area contributed by atoms with Gasteiger partial charge in [-0.2, -0.15) is 0 Å². The molecule has 1 N–H and O–H groups in total. The third kappa shape index (κ3) is 3.15. The number of para-hydroxylation sites is 1. The number of benzene rings is 2. The van der Waals surface area contributed by atoms with E-state index in [4.69, 9.17) is 0 Å². The zero-order chi connectivity index (χ0) is 17.1. The van der Waals surface area contributed by atoms with Crippen molar-refractivity contribution >= 4 is 17.5 Å². The van der Waals surface area contributed by atoms with Gasteiger partial charge in [-0.15, -0.1) is 0 Å². The first-order valence-electron chi connectivity index (χ1n) is 8.02. The standard InChI is InChI=1S/C19H19FN2O2/c1-2-18(23)22-16-9-4-3-7-14(16)11-17(22)19(24)21-12-13-6-5-8-15(20)10-13/h3-10,17H,2,11-12H2,1H3,(H,21,24)/t17-/m1/s1. The number of anilines is 1. The Bertz CT molecular complexity index is 775. The van der Waals surface area contributed by atoms with Crippen molar-refractivity contribution in [2.75, 3.05) is 4.90 Å². The van der Waals surface area contributed by atoms with E-state index in [-0.39, 0.29) is 24.2 Å². The highest BCUT2D eigenvalue weighted by Crippen LogP contribution is 2.32. The minimum absolute atomic E-state index is 0.0779. The third-order valence-electron chi connectivity index (χ3n) is 4.21. The molecule has 0 saturated carbocycles. The Labute approximate surface area is 140 Å². The monoisotopic (exact) mass is 326 g/mol. The first kappa shape index (κ1) is 16.2. The van der Waals surface area contributed by atoms with Crippen LogP contribution in [-0.4, -0.2) is 17.9 Å². The zero-order valence-electron chi connectivity index (χ0n) is 13.5. The van der Waals surface area contributed by atoms with Crippen LogP contribution in [0.15, 0.2) is 48.5 Å². The highest BCUT2D eigenvalue weighted by atomic mass is 19.1. The second kappa shape index (κ2) is 6.83. The van der Waals surface area contributed by atoms with Gasteiger partial charge in [0.15, 0.2) is 0 Å². The van der Waals surface area contributed by atoms with Gasteiger partial charge in [0, 0.05) is 25.1 Å². The lowest BCUT2D eigenvalue weighted by Gasteiger charge is -2.24. The molecule has 2 aromatic carbocycles. The summed E-state index contributed by atoms with van der Waals surface area (Å²) in [5.41, 5.74) is 2.48. The van der Waals surface area contributed by atoms with Crippen molar-refractivity contribution in [1.82, 2.24) is 5.32 Å². The zero-order valence-corrected chi connectivity index (χ0v) is 13.5. The Balaban J connectivity index is 1.75. The van der Waals surface area contributed by atoms with E-state index in [1.165, 1.54) is 12.1 Å². The molecule has 1 heterocycles. The maximum Gasteiger partial charge on any atom is 0.243 e. The maximum absolute atomic E-state index is 13.2. The molecule has 0 aliphatic carbocycles. The van der Waals surface area contributed by atoms with Crippen molar-refractivity contribution in [3.05, 3.63) is 65.5 Å². The molecule has 5 heteroatoms. The van der Waals surface area contributed by atoms with Crippen LogP contribution in [0.2, 0.25) is 0 Å². The number of rotatable bonds is 4. The van der Waals surface area contributed by atoms with Gasteiger partial charge < -0.3 is 5.32 Å². The van der Waals surface area contributed by atoms with Crippen LogP contribution in [0.4, 0.5) is 10.1 Å². The molecule has 2 amide bonds. The Morgan fingerprint density at radius 3 is 2.75 bits per heavy atom. The van der Waals surface area contributed by atoms with Crippen LogP contribution in [0.3, 0.4) is 0 Å². The van der Waals surface area contributed by atoms with E-state index in [2.05, 4.69) is 5.32 Å². The summed E-state index contributed by atoms with van der Waals surface area (Å²) >= 11 is 0. The van der Waals surface area contributed by atoms with Crippen LogP contribution in [0, 0.1) is 5.82 Å². The van der Waals surface area contributed by atoms with Crippen molar-refractivity contribution in [1.29, 1.82) is 0 Å². The topological polar surface area (TPSA) is 49.4 Å². The second-order valence-corrected chi connectivity index (χ2v) is 5.81. The fourth-order valence-electron chi connectivity index (χ4n) is 3.03. The summed E-state index contributed by atoms with van der Waals surface area (Å²) in [4.78, 5) is 26.5. The summed E-state index contributed by atoms with van der Waals surface area (Å²) < 4.78 is 13.2. The number of carbonyl (C=O) groups is 2. The fourth-order valence-corrected chi connectivity index (χ4v) is 3.03. The van der Waals surface area contributed by atoms with Crippen LogP contribution in [0.5, 0.6) is 0 Å². The average molecular weight is 326 g/mol. The van der Waals surface area contributed by atoms with E-state index in [1.54, 1.807) is 24.0 Å². The number of fused-ring (bicyclic) bond motifs is 1. The highest BCUT2D eigenvalue weighted by Gasteiger charge is 2.37. The molecule has 0 bridgehead atoms. The van der Waals surface area contributed by atoms with Gasteiger partial charge in [0.1, 0.15) is 11.9 Å². The summed E-state index contributed by atoms with van der Waals surface area (Å²) in [5, 5.41) is 2.81. The molecule has 2 aromatic rings. The summed E-state index contributed by atoms with van der Waals surface area (Å²) in [6.45, 7) is 2.02. The minimum atomic E-state index is -0.552. The van der Waals surface area contributed by atoms with E-state index in [0.717, 1.165) is 11.3 Å². The normalized spacial score (nSPS) is 15.9. The summed E-state index contributed by atoms with van der Waals surface area (Å²) in [6.07, 6.45) is 0.832. The van der Waals surface area contributed by atoms with Gasteiger partial charge in [-0.1, -0.05) is 37.3 Å². The molecule has 0 saturated heterocycles. The molecule has 0 aromatic heterocycles. The van der Waals surface area contributed by atoms with Crippen LogP contribution in [0.1, 0.15) is 24.5 Å². The molecular weight excluding hydrogens is 307 g/mol. The Hall–Kier alpha value is -2.69. The Morgan fingerprint density at radius 1 is 1.21 bits per heavy atom. The molecule has 1 aliphatic rings. The van der Waals surface area contributed by atoms with E-state index in [0.29, 0.717) is 18.4 Å². The number of carbonyl (C=O) groups excluding carboxylic acids is 2. The van der Waals surface area contributed by atoms with E-state index in [9.17, 15) is 14.0 Å². The van der Waals surface area contributed by atoms with Crippen LogP contribution < -0.4 is 10.2 Å². The second-order valence-electron chi connectivity index (χ2n) is 5.81. The number of hydrogen-bond acceptors (Lipinski definition) is 2. The average Bonchev–Trinajstić information content (AvgIpc) is 2.98. The first-order chi connectivity index (χ1) is 11.6. The van der Waals surface area contributed by atoms with Crippen LogP contribution >= 0.6 is 0 Å². The van der Waals surface area contributed by atoms with Gasteiger partial charge >= 0.3 is 0 Å². The van der Waals surface area contributed by atoms with E-state index < -0.39 is 6.04 Å². The van der Waals surface area contributed by atoms with Gasteiger partial charge in [0.25, 0.3) is 0 Å². The molecule has 1 aliphatic heterocycles. The fraction of sp³-hybridized carbons (Fsp3) is 0.263. The lowest BCUT2D eigenvalue weighted by Crippen LogP contribution is -2.47. The van der Waals surface area contributed by atoms with Crippen molar-refractivity contribution in [2.45, 2.75) is 32.4 Å². The molecule has 0 unspecified atom stereocenters. The summed E-state index contributed by atoms with van der Waals surface area (Å²) in [5.74, 6) is -0.638. The molecular formula is C19H19FN2O2. The number of nitrogens with zero attached hydrogens (tertiary/aromatic N) is 1. The number of halogens is 1. The quantitative estimate of drug-likeness (QED) is 0.939. The Morgan fingerprint density at radius 2 is 2.00 bits per heavy atom. The van der Waals surface area contributed by atoms with Crippen LogP contribution in [-0.2, 0) is 22.6 Å². The SMILES string of the molecule is CCC(=O)N1c2ccccc2C[C@@H]1C(=O)NCc1cccc(F)c1. The van der Waals surface area contributed by atoms with E-state index >= 15 is 0 Å². The van der Waals surface area contributed by atoms with Gasteiger partial charge in [-0.25, -0.2) is 4.39 Å². The molecule has 3 rings (SSSR count). The van der Waals surface area contributed by atoms with Gasteiger partial charge in [0.05, 0.1) is 0 Å². The van der Waals surface area contributed by atoms with Gasteiger partial charge in [-0.3, -0.25) is 14.5 Å². The van der Waals surface area contributed by atoms with Crippen molar-refractivity contribution in [3.63, 3.8) is 0 Å². The predicted octanol–water partition coefficient (Wildman–Crippen LogP) is 2.81. The number of nitrogens with one attached hydrogen (secondary N) is 1. The Kier molecular flexibility index (Phi) is 4.60. The minimum Gasteiger partial charge on any atom is -0.350 e. The molecule has 24 heavy (non-hydrogen) atoms. The van der Waals surface area contributed by atoms with E-state index in [1.807, 2.05) is 24.3 Å². The first-order valence-corrected chi connectivity index (χ1v) is 8.02. The third-order valence-corrected chi connectivity index (χ3v) is 4.21. The molecule has 0 radical (unpaired) electrons. The van der Waals surface area contributed by atoms with Crippen LogP contribution in [0.25, 0.3) is 0 Å². The maximum atomic E-state index is 13.2. The lowest BCUT2D eigenvalue weighted by molar-refractivity contribution is -0.126. The largest absolute Gasteiger partial charge is 0.350 e. The molecule has 1 atom stereocenters. The smallest absolute Gasteiger partial charge is 0.243 e. The molecule has 4 nitrogen and oxygen atoms in total. The lowest BCUT2D eigenvalue weighted by atomic mass is 10.1. The highest BCUT2D eigenvalue weighted by molar-refractivity contribution is 6.03. The van der Waals surface area contributed by atoms with Crippen molar-refractivity contribution < 1.29 is 14.0 Å². The number of hydrogen-bond donors (Lipinski definition) is 1. The van der Waals surface area contributed by atoms with Gasteiger partial charge in [0.2, 0.25) is 11.8 Å². The number of amides is 2. The predicted molar refractivity (Wildman–Crippen MR) is 90.0 cm³/mol. The van der Waals surface area contributed by atoms with Gasteiger partial charge in [-0.05, 0) is 29.3 Å². The summed E-state index contributed by atoms with van der Waals surface area (Å²) in [6, 6.07) is 13.1. The molecule has 124 valence electrons. The molecule has 0 fully saturated rings.